The van der Waals surface area contributed by atoms with Gasteiger partial charge in [-0.25, -0.2) is 0 Å². The summed E-state index contributed by atoms with van der Waals surface area (Å²) in [5.41, 5.74) is 3.67. The summed E-state index contributed by atoms with van der Waals surface area (Å²) in [5.74, 6) is 0.798. The van der Waals surface area contributed by atoms with Crippen LogP contribution in [0.5, 0.6) is 0 Å². The normalized spacial score (nSPS) is 11.7. The van der Waals surface area contributed by atoms with Gasteiger partial charge in [0, 0.05) is 32.2 Å². The molecular weight excluding hydrogens is 489 g/mol. The molecule has 0 aliphatic heterocycles. The molecule has 0 amide bonds. The van der Waals surface area contributed by atoms with Gasteiger partial charge in [-0.15, -0.1) is 24.0 Å². The molecule has 0 bridgehead atoms. The van der Waals surface area contributed by atoms with Crippen molar-refractivity contribution in [3.8, 4) is 0 Å². The highest BCUT2D eigenvalue weighted by Gasteiger charge is 2.20. The third kappa shape index (κ3) is 9.45. The highest BCUT2D eigenvalue weighted by molar-refractivity contribution is 14.0. The van der Waals surface area contributed by atoms with E-state index in [0.29, 0.717) is 26.4 Å². The van der Waals surface area contributed by atoms with Crippen molar-refractivity contribution in [2.24, 2.45) is 4.99 Å². The average Bonchev–Trinajstić information content (AvgIpc) is 2.74. The summed E-state index contributed by atoms with van der Waals surface area (Å²) in [6.45, 7) is 10.5. The van der Waals surface area contributed by atoms with E-state index in [9.17, 15) is 0 Å². The molecule has 0 fully saturated rings. The largest absolute Gasteiger partial charge is 0.379 e. The summed E-state index contributed by atoms with van der Waals surface area (Å²) in [5, 5.41) is 6.85. The van der Waals surface area contributed by atoms with Crippen molar-refractivity contribution in [2.45, 2.75) is 39.3 Å². The smallest absolute Gasteiger partial charge is 0.191 e. The minimum atomic E-state index is 0. The molecule has 0 atom stereocenters. The molecule has 2 rings (SSSR count). The van der Waals surface area contributed by atoms with Crippen molar-refractivity contribution >= 4 is 29.9 Å². The first kappa shape index (κ1) is 26.4. The van der Waals surface area contributed by atoms with Crippen LogP contribution in [0.3, 0.4) is 0 Å². The Hall–Kier alpha value is -1.64. The molecule has 0 heterocycles. The van der Waals surface area contributed by atoms with Crippen molar-refractivity contribution in [1.29, 1.82) is 0 Å². The summed E-state index contributed by atoms with van der Waals surface area (Å²) in [6.07, 6.45) is 0. The first-order valence-corrected chi connectivity index (χ1v) is 10.3. The van der Waals surface area contributed by atoms with Gasteiger partial charge in [-0.05, 0) is 23.6 Å². The van der Waals surface area contributed by atoms with Gasteiger partial charge in [-0.3, -0.25) is 4.99 Å². The molecule has 0 aromatic heterocycles. The van der Waals surface area contributed by atoms with Crippen molar-refractivity contribution < 1.29 is 9.47 Å². The molecule has 30 heavy (non-hydrogen) atoms. The third-order valence-electron chi connectivity index (χ3n) is 4.77. The summed E-state index contributed by atoms with van der Waals surface area (Å²) >= 11 is 0. The van der Waals surface area contributed by atoms with Crippen LogP contribution in [0.25, 0.3) is 0 Å². The van der Waals surface area contributed by atoms with E-state index in [-0.39, 0.29) is 29.4 Å². The Balaban J connectivity index is 0.00000450. The van der Waals surface area contributed by atoms with Crippen LogP contribution in [0, 0.1) is 0 Å². The molecule has 0 unspecified atom stereocenters. The number of nitrogens with one attached hydrogen (secondary N) is 2. The van der Waals surface area contributed by atoms with Crippen LogP contribution in [0.2, 0.25) is 0 Å². The van der Waals surface area contributed by atoms with Gasteiger partial charge in [0.05, 0.1) is 19.8 Å². The molecule has 0 aliphatic carbocycles. The van der Waals surface area contributed by atoms with Crippen molar-refractivity contribution in [1.82, 2.24) is 10.6 Å². The molecule has 0 saturated carbocycles. The monoisotopic (exact) mass is 525 g/mol. The fraction of sp³-hybridized carbons (Fsp3) is 0.458. The summed E-state index contributed by atoms with van der Waals surface area (Å²) in [6, 6.07) is 19.0. The number of hydrogen-bond acceptors (Lipinski definition) is 3. The van der Waals surface area contributed by atoms with Gasteiger partial charge in [0.15, 0.2) is 5.96 Å². The van der Waals surface area contributed by atoms with Gasteiger partial charge >= 0.3 is 0 Å². The highest BCUT2D eigenvalue weighted by Crippen LogP contribution is 2.21. The lowest BCUT2D eigenvalue weighted by molar-refractivity contribution is 0.0453. The summed E-state index contributed by atoms with van der Waals surface area (Å²) in [4.78, 5) is 4.36. The summed E-state index contributed by atoms with van der Waals surface area (Å²) in [7, 11) is 1.80. The van der Waals surface area contributed by atoms with Gasteiger partial charge in [0.25, 0.3) is 0 Å². The number of guanidine groups is 1. The zero-order chi connectivity index (χ0) is 21.0. The van der Waals surface area contributed by atoms with E-state index in [1.165, 1.54) is 11.1 Å². The maximum atomic E-state index is 5.66. The van der Waals surface area contributed by atoms with Crippen LogP contribution >= 0.6 is 24.0 Å². The van der Waals surface area contributed by atoms with Crippen LogP contribution < -0.4 is 10.6 Å². The molecule has 5 nitrogen and oxygen atoms in total. The second-order valence-electron chi connectivity index (χ2n) is 7.60. The first-order valence-electron chi connectivity index (χ1n) is 10.3. The van der Waals surface area contributed by atoms with Crippen molar-refractivity contribution in [3.63, 3.8) is 0 Å². The third-order valence-corrected chi connectivity index (χ3v) is 4.77. The molecular formula is C24H36IN3O2. The molecule has 6 heteroatoms. The minimum absolute atomic E-state index is 0. The van der Waals surface area contributed by atoms with Crippen LogP contribution in [-0.4, -0.2) is 39.4 Å². The average molecular weight is 525 g/mol. The fourth-order valence-corrected chi connectivity index (χ4v) is 2.98. The zero-order valence-electron chi connectivity index (χ0n) is 18.6. The lowest BCUT2D eigenvalue weighted by Crippen LogP contribution is -2.43. The first-order chi connectivity index (χ1) is 14.0. The summed E-state index contributed by atoms with van der Waals surface area (Å²) < 4.78 is 11.0. The Kier molecular flexibility index (Phi) is 12.7. The van der Waals surface area contributed by atoms with Crippen LogP contribution in [0.4, 0.5) is 0 Å². The molecule has 2 N–H and O–H groups in total. The van der Waals surface area contributed by atoms with E-state index in [4.69, 9.17) is 9.47 Å². The molecule has 0 radical (unpaired) electrons. The van der Waals surface area contributed by atoms with Crippen LogP contribution in [-0.2, 0) is 28.0 Å². The van der Waals surface area contributed by atoms with E-state index in [1.807, 2.05) is 13.0 Å². The Morgan fingerprint density at radius 1 is 0.933 bits per heavy atom. The van der Waals surface area contributed by atoms with Gasteiger partial charge < -0.3 is 20.1 Å². The Bertz CT molecular complexity index is 751. The Morgan fingerprint density at radius 2 is 1.63 bits per heavy atom. The van der Waals surface area contributed by atoms with Crippen molar-refractivity contribution in [3.05, 3.63) is 71.3 Å². The standard InChI is InChI=1S/C24H35N3O2.HI/c1-5-28-14-15-29-18-21-11-9-10-20(16-21)17-26-23(25-4)27-19-24(2,3)22-12-7-6-8-13-22;/h6-13,16H,5,14-15,17-19H2,1-4H3,(H2,25,26,27);1H. The van der Waals surface area contributed by atoms with Gasteiger partial charge in [0.1, 0.15) is 0 Å². The molecule has 0 spiro atoms. The number of ether oxygens (including phenoxy) is 2. The van der Waals surface area contributed by atoms with E-state index >= 15 is 0 Å². The molecule has 2 aromatic rings. The van der Waals surface area contributed by atoms with E-state index in [1.54, 1.807) is 7.05 Å². The maximum absolute atomic E-state index is 5.66. The lowest BCUT2D eigenvalue weighted by atomic mass is 9.85. The van der Waals surface area contributed by atoms with Gasteiger partial charge in [-0.2, -0.15) is 0 Å². The van der Waals surface area contributed by atoms with E-state index in [0.717, 1.165) is 24.7 Å². The van der Waals surface area contributed by atoms with E-state index < -0.39 is 0 Å². The highest BCUT2D eigenvalue weighted by atomic mass is 127. The molecule has 0 saturated heterocycles. The molecule has 2 aromatic carbocycles. The Labute approximate surface area is 198 Å². The van der Waals surface area contributed by atoms with Crippen LogP contribution in [0.15, 0.2) is 59.6 Å². The van der Waals surface area contributed by atoms with Gasteiger partial charge in [0.2, 0.25) is 0 Å². The Morgan fingerprint density at radius 3 is 2.33 bits per heavy atom. The fourth-order valence-electron chi connectivity index (χ4n) is 2.98. The van der Waals surface area contributed by atoms with Gasteiger partial charge in [-0.1, -0.05) is 68.4 Å². The molecule has 0 aliphatic rings. The molecule has 166 valence electrons. The lowest BCUT2D eigenvalue weighted by Gasteiger charge is -2.26. The number of benzene rings is 2. The van der Waals surface area contributed by atoms with Crippen molar-refractivity contribution in [2.75, 3.05) is 33.4 Å². The predicted octanol–water partition coefficient (Wildman–Crippen LogP) is 4.50. The van der Waals surface area contributed by atoms with Crippen LogP contribution in [0.1, 0.15) is 37.5 Å². The number of aliphatic imine (C=N–C) groups is 1. The SMILES string of the molecule is CCOCCOCc1cccc(CNC(=NC)NCC(C)(C)c2ccccc2)c1.I. The zero-order valence-corrected chi connectivity index (χ0v) is 20.9. The number of nitrogens with zero attached hydrogens (tertiary/aromatic N) is 1. The topological polar surface area (TPSA) is 54.9 Å². The van der Waals surface area contributed by atoms with E-state index in [2.05, 4.69) is 78.0 Å². The minimum Gasteiger partial charge on any atom is -0.379 e. The second-order valence-corrected chi connectivity index (χ2v) is 7.60. The number of halogens is 1. The quantitative estimate of drug-likeness (QED) is 0.196. The number of hydrogen-bond donors (Lipinski definition) is 2. The number of rotatable bonds is 11. The predicted molar refractivity (Wildman–Crippen MR) is 136 cm³/mol. The maximum Gasteiger partial charge on any atom is 0.191 e. The second kappa shape index (κ2) is 14.4.